The molecule has 0 saturated heterocycles. The Bertz CT molecular complexity index is 216. The second kappa shape index (κ2) is 7.88. The molecule has 0 radical (unpaired) electrons. The molecule has 12 heavy (non-hydrogen) atoms. The smallest absolute Gasteiger partial charge is 0.00297 e. The molecule has 0 aliphatic carbocycles. The Morgan fingerprint density at radius 1 is 1.25 bits per heavy atom. The van der Waals surface area contributed by atoms with E-state index in [9.17, 15) is 0 Å². The monoisotopic (exact) mass is 160 g/mol. The number of benzene rings is 1. The molecule has 64 valence electrons. The average molecular weight is 160 g/mol. The molecule has 0 bridgehead atoms. The predicted octanol–water partition coefficient (Wildman–Crippen LogP) is 3.28. The molecule has 0 aliphatic heterocycles. The van der Waals surface area contributed by atoms with Crippen LogP contribution in [-0.4, -0.2) is 0 Å². The first-order valence-corrected chi connectivity index (χ1v) is 4.26. The molecule has 0 spiro atoms. The fourth-order valence-electron chi connectivity index (χ4n) is 0.933. The third kappa shape index (κ3) is 5.56. The Labute approximate surface area is 75.6 Å². The summed E-state index contributed by atoms with van der Waals surface area (Å²) in [5.41, 5.74) is 1.44. The summed E-state index contributed by atoms with van der Waals surface area (Å²) in [4.78, 5) is 0. The summed E-state index contributed by atoms with van der Waals surface area (Å²) >= 11 is 0. The SMILES string of the molecule is C#CC.CCCc1ccccc1. The van der Waals surface area contributed by atoms with E-state index >= 15 is 0 Å². The van der Waals surface area contributed by atoms with Gasteiger partial charge < -0.3 is 0 Å². The van der Waals surface area contributed by atoms with Crippen LogP contribution in [0.25, 0.3) is 0 Å². The van der Waals surface area contributed by atoms with Gasteiger partial charge in [-0.3, -0.25) is 0 Å². The molecule has 0 fully saturated rings. The van der Waals surface area contributed by atoms with Crippen LogP contribution < -0.4 is 0 Å². The van der Waals surface area contributed by atoms with Crippen molar-refractivity contribution in [3.05, 3.63) is 35.9 Å². The minimum Gasteiger partial charge on any atom is -0.120 e. The first kappa shape index (κ1) is 10.8. The molecule has 0 aliphatic rings. The third-order valence-electron chi connectivity index (χ3n) is 1.38. The van der Waals surface area contributed by atoms with Gasteiger partial charge in [-0.25, -0.2) is 0 Å². The van der Waals surface area contributed by atoms with Crippen LogP contribution in [0.2, 0.25) is 0 Å². The molecule has 0 amide bonds. The van der Waals surface area contributed by atoms with Crippen molar-refractivity contribution < 1.29 is 0 Å². The summed E-state index contributed by atoms with van der Waals surface area (Å²) in [6.45, 7) is 3.85. The highest BCUT2D eigenvalue weighted by Crippen LogP contribution is 2.00. The molecule has 0 unspecified atom stereocenters. The number of aryl methyl sites for hydroxylation is 1. The highest BCUT2D eigenvalue weighted by atomic mass is 13.9. The molecule has 0 N–H and O–H groups in total. The van der Waals surface area contributed by atoms with E-state index in [-0.39, 0.29) is 0 Å². The summed E-state index contributed by atoms with van der Waals surface area (Å²) < 4.78 is 0. The Balaban J connectivity index is 0.000000354. The van der Waals surface area contributed by atoms with Gasteiger partial charge in [0.25, 0.3) is 0 Å². The van der Waals surface area contributed by atoms with E-state index in [1.165, 1.54) is 18.4 Å². The van der Waals surface area contributed by atoms with Gasteiger partial charge in [-0.05, 0) is 18.9 Å². The number of terminal acetylenes is 1. The summed E-state index contributed by atoms with van der Waals surface area (Å²) in [5, 5.41) is 0. The van der Waals surface area contributed by atoms with Gasteiger partial charge in [0.05, 0.1) is 0 Å². The van der Waals surface area contributed by atoms with E-state index in [2.05, 4.69) is 49.6 Å². The van der Waals surface area contributed by atoms with Crippen molar-refractivity contribution in [1.29, 1.82) is 0 Å². The largest absolute Gasteiger partial charge is 0.120 e. The number of rotatable bonds is 2. The minimum absolute atomic E-state index is 1.21. The quantitative estimate of drug-likeness (QED) is 0.582. The van der Waals surface area contributed by atoms with Gasteiger partial charge in [0.1, 0.15) is 0 Å². The lowest BCUT2D eigenvalue weighted by atomic mass is 10.1. The Kier molecular flexibility index (Phi) is 7.08. The molecule has 0 nitrogen and oxygen atoms in total. The summed E-state index contributed by atoms with van der Waals surface area (Å²) in [6.07, 6.45) is 7.05. The van der Waals surface area contributed by atoms with Gasteiger partial charge in [-0.15, -0.1) is 12.3 Å². The Morgan fingerprint density at radius 2 is 1.75 bits per heavy atom. The van der Waals surface area contributed by atoms with Gasteiger partial charge in [0.15, 0.2) is 0 Å². The Hall–Kier alpha value is -1.22. The van der Waals surface area contributed by atoms with Crippen molar-refractivity contribution in [2.75, 3.05) is 0 Å². The molecule has 1 rings (SSSR count). The lowest BCUT2D eigenvalue weighted by Gasteiger charge is -1.93. The zero-order chi connectivity index (χ0) is 9.23. The van der Waals surface area contributed by atoms with Crippen molar-refractivity contribution in [3.63, 3.8) is 0 Å². The molecule has 0 atom stereocenters. The van der Waals surface area contributed by atoms with Crippen LogP contribution in [0.3, 0.4) is 0 Å². The lowest BCUT2D eigenvalue weighted by molar-refractivity contribution is 0.922. The van der Waals surface area contributed by atoms with Crippen LogP contribution in [0.15, 0.2) is 30.3 Å². The molecular formula is C12H16. The molecular weight excluding hydrogens is 144 g/mol. The Morgan fingerprint density at radius 3 is 2.17 bits per heavy atom. The maximum absolute atomic E-state index is 4.60. The summed E-state index contributed by atoms with van der Waals surface area (Å²) in [5.74, 6) is 2.25. The highest BCUT2D eigenvalue weighted by Gasteiger charge is 1.84. The van der Waals surface area contributed by atoms with E-state index in [4.69, 9.17) is 0 Å². The lowest BCUT2D eigenvalue weighted by Crippen LogP contribution is -1.78. The minimum atomic E-state index is 1.21. The van der Waals surface area contributed by atoms with Crippen LogP contribution in [0.1, 0.15) is 25.8 Å². The van der Waals surface area contributed by atoms with Gasteiger partial charge in [0, 0.05) is 0 Å². The zero-order valence-electron chi connectivity index (χ0n) is 7.88. The predicted molar refractivity (Wildman–Crippen MR) is 54.9 cm³/mol. The summed E-state index contributed by atoms with van der Waals surface area (Å²) in [7, 11) is 0. The second-order valence-corrected chi connectivity index (χ2v) is 2.52. The van der Waals surface area contributed by atoms with Gasteiger partial charge >= 0.3 is 0 Å². The van der Waals surface area contributed by atoms with Crippen LogP contribution in [0, 0.1) is 12.3 Å². The van der Waals surface area contributed by atoms with Crippen LogP contribution in [0.4, 0.5) is 0 Å². The maximum Gasteiger partial charge on any atom is -0.00297 e. The topological polar surface area (TPSA) is 0 Å². The molecule has 0 aromatic heterocycles. The first-order valence-electron chi connectivity index (χ1n) is 4.26. The third-order valence-corrected chi connectivity index (χ3v) is 1.38. The summed E-state index contributed by atoms with van der Waals surface area (Å²) in [6, 6.07) is 10.6. The fourth-order valence-corrected chi connectivity index (χ4v) is 0.933. The first-order chi connectivity index (χ1) is 5.85. The van der Waals surface area contributed by atoms with Gasteiger partial charge in [-0.1, -0.05) is 43.7 Å². The normalized spacial score (nSPS) is 7.75. The van der Waals surface area contributed by atoms with Crippen LogP contribution >= 0.6 is 0 Å². The highest BCUT2D eigenvalue weighted by molar-refractivity contribution is 5.14. The van der Waals surface area contributed by atoms with Crippen molar-refractivity contribution in [2.45, 2.75) is 26.7 Å². The maximum atomic E-state index is 4.60. The van der Waals surface area contributed by atoms with E-state index in [1.807, 2.05) is 0 Å². The molecule has 1 aromatic rings. The van der Waals surface area contributed by atoms with Gasteiger partial charge in [-0.2, -0.15) is 0 Å². The van der Waals surface area contributed by atoms with Crippen molar-refractivity contribution in [3.8, 4) is 12.3 Å². The van der Waals surface area contributed by atoms with E-state index in [1.54, 1.807) is 6.92 Å². The van der Waals surface area contributed by atoms with E-state index in [0.29, 0.717) is 0 Å². The second-order valence-electron chi connectivity index (χ2n) is 2.52. The zero-order valence-corrected chi connectivity index (χ0v) is 7.88. The molecule has 0 heteroatoms. The van der Waals surface area contributed by atoms with Crippen molar-refractivity contribution in [2.24, 2.45) is 0 Å². The van der Waals surface area contributed by atoms with Crippen molar-refractivity contribution in [1.82, 2.24) is 0 Å². The van der Waals surface area contributed by atoms with Gasteiger partial charge in [0.2, 0.25) is 0 Å². The average Bonchev–Trinajstić information content (AvgIpc) is 2.08. The fraction of sp³-hybridized carbons (Fsp3) is 0.333. The number of hydrogen-bond donors (Lipinski definition) is 0. The van der Waals surface area contributed by atoms with E-state index in [0.717, 1.165) is 0 Å². The van der Waals surface area contributed by atoms with Crippen molar-refractivity contribution >= 4 is 0 Å². The van der Waals surface area contributed by atoms with Crippen LogP contribution in [-0.2, 0) is 6.42 Å². The molecule has 1 aromatic carbocycles. The number of hydrogen-bond acceptors (Lipinski definition) is 0. The standard InChI is InChI=1S/C9H12.C3H4/c1-2-6-9-7-4-3-5-8-9;1-3-2/h3-5,7-8H,2,6H2,1H3;1H,2H3. The molecule has 0 saturated carbocycles. The molecule has 0 heterocycles. The van der Waals surface area contributed by atoms with E-state index < -0.39 is 0 Å². The van der Waals surface area contributed by atoms with Crippen LogP contribution in [0.5, 0.6) is 0 Å².